The van der Waals surface area contributed by atoms with Crippen LogP contribution in [-0.4, -0.2) is 22.3 Å². The number of hydrogen-bond donors (Lipinski definition) is 2. The molecule has 0 fully saturated rings. The molecular weight excluding hydrogens is 213 g/mol. The van der Waals surface area contributed by atoms with Crippen molar-refractivity contribution in [1.29, 1.82) is 0 Å². The second kappa shape index (κ2) is 4.26. The van der Waals surface area contributed by atoms with Gasteiger partial charge in [-0.15, -0.1) is 0 Å². The fraction of sp³-hybridized carbons (Fsp3) is 0.300. The predicted molar refractivity (Wildman–Crippen MR) is 54.9 cm³/mol. The van der Waals surface area contributed by atoms with Crippen molar-refractivity contribution < 1.29 is 14.0 Å². The van der Waals surface area contributed by atoms with Gasteiger partial charge in [0, 0.05) is 17.8 Å². The van der Waals surface area contributed by atoms with Gasteiger partial charge in [0.05, 0.1) is 0 Å². The van der Waals surface area contributed by atoms with Gasteiger partial charge >= 0.3 is 0 Å². The SMILES string of the molecule is CC(C)(NC(=O)c1ccnc(F)c1)C(N)=O. The van der Waals surface area contributed by atoms with Crippen molar-refractivity contribution in [2.75, 3.05) is 0 Å². The van der Waals surface area contributed by atoms with E-state index in [4.69, 9.17) is 5.73 Å². The Morgan fingerprint density at radius 2 is 2.12 bits per heavy atom. The average Bonchev–Trinajstić information content (AvgIpc) is 2.16. The van der Waals surface area contributed by atoms with Gasteiger partial charge in [0.1, 0.15) is 5.54 Å². The van der Waals surface area contributed by atoms with Gasteiger partial charge in [-0.2, -0.15) is 4.39 Å². The van der Waals surface area contributed by atoms with Gasteiger partial charge in [-0.3, -0.25) is 9.59 Å². The second-order valence-electron chi connectivity index (χ2n) is 3.81. The van der Waals surface area contributed by atoms with Crippen molar-refractivity contribution in [1.82, 2.24) is 10.3 Å². The molecule has 0 spiro atoms. The highest BCUT2D eigenvalue weighted by molar-refractivity contribution is 5.98. The van der Waals surface area contributed by atoms with Crippen LogP contribution in [-0.2, 0) is 4.79 Å². The van der Waals surface area contributed by atoms with E-state index in [1.165, 1.54) is 26.1 Å². The van der Waals surface area contributed by atoms with Gasteiger partial charge in [0.2, 0.25) is 11.9 Å². The zero-order valence-electron chi connectivity index (χ0n) is 8.95. The Morgan fingerprint density at radius 3 is 2.62 bits per heavy atom. The Kier molecular flexibility index (Phi) is 3.22. The Balaban J connectivity index is 2.85. The Hall–Kier alpha value is -1.98. The summed E-state index contributed by atoms with van der Waals surface area (Å²) in [5, 5.41) is 2.39. The molecule has 1 aromatic rings. The molecule has 86 valence electrons. The van der Waals surface area contributed by atoms with Crippen LogP contribution in [0.15, 0.2) is 18.3 Å². The molecule has 2 amide bonds. The highest BCUT2D eigenvalue weighted by Crippen LogP contribution is 2.05. The van der Waals surface area contributed by atoms with Crippen molar-refractivity contribution in [3.05, 3.63) is 29.8 Å². The van der Waals surface area contributed by atoms with E-state index in [9.17, 15) is 14.0 Å². The third kappa shape index (κ3) is 2.75. The number of carbonyl (C=O) groups is 2. The number of amides is 2. The molecule has 0 saturated heterocycles. The molecule has 0 radical (unpaired) electrons. The van der Waals surface area contributed by atoms with Crippen LogP contribution in [0.25, 0.3) is 0 Å². The summed E-state index contributed by atoms with van der Waals surface area (Å²) in [5.74, 6) is -2.01. The van der Waals surface area contributed by atoms with E-state index in [1.807, 2.05) is 0 Å². The minimum Gasteiger partial charge on any atom is -0.368 e. The van der Waals surface area contributed by atoms with E-state index < -0.39 is 23.3 Å². The minimum absolute atomic E-state index is 0.0850. The van der Waals surface area contributed by atoms with Crippen LogP contribution >= 0.6 is 0 Å². The summed E-state index contributed by atoms with van der Waals surface area (Å²) in [4.78, 5) is 25.9. The first-order chi connectivity index (χ1) is 7.33. The largest absolute Gasteiger partial charge is 0.368 e. The molecule has 6 heteroatoms. The van der Waals surface area contributed by atoms with Crippen molar-refractivity contribution in [3.8, 4) is 0 Å². The van der Waals surface area contributed by atoms with E-state index in [0.717, 1.165) is 6.07 Å². The van der Waals surface area contributed by atoms with Gasteiger partial charge in [0.25, 0.3) is 5.91 Å². The van der Waals surface area contributed by atoms with E-state index in [1.54, 1.807) is 0 Å². The number of pyridine rings is 1. The van der Waals surface area contributed by atoms with Gasteiger partial charge in [-0.05, 0) is 19.9 Å². The number of rotatable bonds is 3. The highest BCUT2D eigenvalue weighted by Gasteiger charge is 2.27. The topological polar surface area (TPSA) is 85.1 Å². The quantitative estimate of drug-likeness (QED) is 0.721. The molecule has 1 rings (SSSR count). The summed E-state index contributed by atoms with van der Waals surface area (Å²) in [6, 6.07) is 2.32. The predicted octanol–water partition coefficient (Wildman–Crippen LogP) is 0.214. The van der Waals surface area contributed by atoms with Crippen LogP contribution in [0, 0.1) is 5.95 Å². The zero-order valence-corrected chi connectivity index (χ0v) is 8.95. The minimum atomic E-state index is -1.18. The molecule has 5 nitrogen and oxygen atoms in total. The Labute approximate surface area is 91.9 Å². The normalized spacial score (nSPS) is 10.9. The monoisotopic (exact) mass is 225 g/mol. The molecule has 0 aliphatic rings. The van der Waals surface area contributed by atoms with Crippen molar-refractivity contribution in [2.24, 2.45) is 5.73 Å². The van der Waals surface area contributed by atoms with Gasteiger partial charge < -0.3 is 11.1 Å². The van der Waals surface area contributed by atoms with Crippen LogP contribution < -0.4 is 11.1 Å². The lowest BCUT2D eigenvalue weighted by atomic mass is 10.0. The summed E-state index contributed by atoms with van der Waals surface area (Å²) in [6.45, 7) is 2.93. The summed E-state index contributed by atoms with van der Waals surface area (Å²) in [7, 11) is 0. The first-order valence-corrected chi connectivity index (χ1v) is 4.57. The fourth-order valence-corrected chi connectivity index (χ4v) is 0.961. The maximum atomic E-state index is 12.7. The summed E-state index contributed by atoms with van der Waals surface area (Å²) >= 11 is 0. The molecule has 0 atom stereocenters. The summed E-state index contributed by atoms with van der Waals surface area (Å²) in [5.41, 5.74) is 3.99. The number of carbonyl (C=O) groups excluding carboxylic acids is 2. The van der Waals surface area contributed by atoms with Crippen LogP contribution in [0.4, 0.5) is 4.39 Å². The number of halogens is 1. The van der Waals surface area contributed by atoms with E-state index in [2.05, 4.69) is 10.3 Å². The maximum absolute atomic E-state index is 12.7. The zero-order chi connectivity index (χ0) is 12.3. The van der Waals surface area contributed by atoms with Gasteiger partial charge in [-0.1, -0.05) is 0 Å². The lowest BCUT2D eigenvalue weighted by molar-refractivity contribution is -0.122. The number of nitrogens with zero attached hydrogens (tertiary/aromatic N) is 1. The first-order valence-electron chi connectivity index (χ1n) is 4.57. The van der Waals surface area contributed by atoms with Crippen LogP contribution in [0.1, 0.15) is 24.2 Å². The molecule has 0 unspecified atom stereocenters. The van der Waals surface area contributed by atoms with Crippen LogP contribution in [0.5, 0.6) is 0 Å². The number of hydrogen-bond acceptors (Lipinski definition) is 3. The van der Waals surface area contributed by atoms with Gasteiger partial charge in [0.15, 0.2) is 0 Å². The van der Waals surface area contributed by atoms with Crippen molar-refractivity contribution in [3.63, 3.8) is 0 Å². The smallest absolute Gasteiger partial charge is 0.252 e. The molecule has 1 aromatic heterocycles. The molecule has 16 heavy (non-hydrogen) atoms. The molecular formula is C10H12FN3O2. The first kappa shape index (κ1) is 12.1. The average molecular weight is 225 g/mol. The van der Waals surface area contributed by atoms with Crippen molar-refractivity contribution >= 4 is 11.8 Å². The lowest BCUT2D eigenvalue weighted by Crippen LogP contribution is -2.53. The van der Waals surface area contributed by atoms with Gasteiger partial charge in [-0.25, -0.2) is 4.98 Å². The fourth-order valence-electron chi connectivity index (χ4n) is 0.961. The van der Waals surface area contributed by atoms with Crippen LogP contribution in [0.3, 0.4) is 0 Å². The van der Waals surface area contributed by atoms with Crippen molar-refractivity contribution in [2.45, 2.75) is 19.4 Å². The molecule has 0 saturated carbocycles. The Bertz CT molecular complexity index is 432. The molecule has 1 heterocycles. The lowest BCUT2D eigenvalue weighted by Gasteiger charge is -2.22. The molecule has 0 aliphatic carbocycles. The summed E-state index contributed by atoms with van der Waals surface area (Å²) < 4.78 is 12.7. The second-order valence-corrected chi connectivity index (χ2v) is 3.81. The van der Waals surface area contributed by atoms with E-state index in [-0.39, 0.29) is 5.56 Å². The number of nitrogens with two attached hydrogens (primary N) is 1. The van der Waals surface area contributed by atoms with Crippen LogP contribution in [0.2, 0.25) is 0 Å². The molecule has 0 bridgehead atoms. The third-order valence-corrected chi connectivity index (χ3v) is 2.03. The van der Waals surface area contributed by atoms with E-state index in [0.29, 0.717) is 0 Å². The summed E-state index contributed by atoms with van der Waals surface area (Å²) in [6.07, 6.45) is 1.17. The third-order valence-electron chi connectivity index (χ3n) is 2.03. The molecule has 3 N–H and O–H groups in total. The standard InChI is InChI=1S/C10H12FN3O2/c1-10(2,9(12)16)14-8(15)6-3-4-13-7(11)5-6/h3-5H,1-2H3,(H2,12,16)(H,14,15). The van der Waals surface area contributed by atoms with E-state index >= 15 is 0 Å². The maximum Gasteiger partial charge on any atom is 0.252 e. The number of nitrogens with one attached hydrogen (secondary N) is 1. The number of primary amides is 1. The molecule has 0 aromatic carbocycles. The highest BCUT2D eigenvalue weighted by atomic mass is 19.1. The number of aromatic nitrogens is 1. The Morgan fingerprint density at radius 1 is 1.50 bits per heavy atom. The molecule has 0 aliphatic heterocycles.